The van der Waals surface area contributed by atoms with Crippen molar-refractivity contribution in [3.05, 3.63) is 112 Å². The van der Waals surface area contributed by atoms with Gasteiger partial charge in [-0.2, -0.15) is 5.26 Å². The largest absolute Gasteiger partial charge is 0.449 e. The minimum atomic E-state index is -0.576. The first kappa shape index (κ1) is 28.6. The summed E-state index contributed by atoms with van der Waals surface area (Å²) >= 11 is 0. The lowest BCUT2D eigenvalue weighted by molar-refractivity contribution is 0.0651. The number of nitriles is 1. The average Bonchev–Trinajstić information content (AvgIpc) is 3.80. The molecule has 3 aromatic heterocycles. The van der Waals surface area contributed by atoms with Gasteiger partial charge in [0.15, 0.2) is 0 Å². The van der Waals surface area contributed by atoms with Gasteiger partial charge in [-0.15, -0.1) is 0 Å². The molecule has 2 amide bonds. The summed E-state index contributed by atoms with van der Waals surface area (Å²) in [6, 6.07) is 23.9. The lowest BCUT2D eigenvalue weighted by Gasteiger charge is -2.13. The van der Waals surface area contributed by atoms with Crippen molar-refractivity contribution in [3.8, 4) is 23.0 Å². The molecule has 1 aliphatic heterocycles. The quantitative estimate of drug-likeness (QED) is 0.173. The molecule has 46 heavy (non-hydrogen) atoms. The Bertz CT molecular complexity index is 2260. The first-order valence-electron chi connectivity index (χ1n) is 15.0. The van der Waals surface area contributed by atoms with Gasteiger partial charge in [0, 0.05) is 47.3 Å². The van der Waals surface area contributed by atoms with Crippen LogP contribution in [0.5, 0.6) is 0 Å². The number of aromatic amines is 1. The second-order valence-electron chi connectivity index (χ2n) is 11.0. The molecule has 11 nitrogen and oxygen atoms in total. The van der Waals surface area contributed by atoms with Crippen LogP contribution in [0.2, 0.25) is 0 Å². The summed E-state index contributed by atoms with van der Waals surface area (Å²) in [5.41, 5.74) is 3.38. The van der Waals surface area contributed by atoms with E-state index in [1.165, 1.54) is 14.0 Å². The highest BCUT2D eigenvalue weighted by Gasteiger charge is 2.34. The van der Waals surface area contributed by atoms with Crippen LogP contribution < -0.4 is 5.69 Å². The molecule has 0 atom stereocenters. The van der Waals surface area contributed by atoms with Crippen LogP contribution in [0.1, 0.15) is 46.2 Å². The molecule has 0 aliphatic carbocycles. The predicted molar refractivity (Wildman–Crippen MR) is 171 cm³/mol. The standard InChI is InChI=1S/C35H28N6O5/c1-2-46-35(45)40-21-30(25-14-6-8-16-29(25)40)41-31(27(19-36)37-34(41)44)26-20-38(28-15-7-5-11-22(26)28)17-9-10-18-39-32(42)23-12-3-4-13-24(23)33(39)43/h3-8,11-16,20-21H,2,9-10,17-18H2,1H3,(H,37,44). The number of aryl methyl sites for hydroxylation is 1. The Balaban J connectivity index is 1.24. The SMILES string of the molecule is CCOC(=O)n1cc(-n2c(-c3cn(CCCCN4C(=O)c5ccccc5C4=O)c4ccccc34)c(C#N)[nH]c2=O)c2ccccc21. The molecular formula is C35H28N6O5. The molecule has 0 saturated heterocycles. The van der Waals surface area contributed by atoms with Gasteiger partial charge in [-0.25, -0.2) is 9.59 Å². The van der Waals surface area contributed by atoms with Crippen LogP contribution in [0.25, 0.3) is 38.8 Å². The zero-order valence-corrected chi connectivity index (χ0v) is 24.9. The number of carbonyl (C=O) groups is 3. The minimum absolute atomic E-state index is 0.0893. The third-order valence-electron chi connectivity index (χ3n) is 8.36. The Morgan fingerprint density at radius 1 is 0.804 bits per heavy atom. The van der Waals surface area contributed by atoms with Crippen molar-refractivity contribution in [2.75, 3.05) is 13.2 Å². The highest BCUT2D eigenvalue weighted by Crippen LogP contribution is 2.35. The summed E-state index contributed by atoms with van der Waals surface area (Å²) in [4.78, 5) is 55.9. The van der Waals surface area contributed by atoms with Gasteiger partial charge in [0.1, 0.15) is 11.8 Å². The fraction of sp³-hybridized carbons (Fsp3) is 0.171. The van der Waals surface area contributed by atoms with E-state index in [0.29, 0.717) is 64.9 Å². The Morgan fingerprint density at radius 2 is 1.43 bits per heavy atom. The molecule has 3 aromatic carbocycles. The predicted octanol–water partition coefficient (Wildman–Crippen LogP) is 5.69. The number of hydrogen-bond donors (Lipinski definition) is 1. The molecule has 11 heteroatoms. The van der Waals surface area contributed by atoms with Crippen LogP contribution >= 0.6 is 0 Å². The topological polar surface area (TPSA) is 135 Å². The molecule has 0 radical (unpaired) electrons. The molecule has 7 rings (SSSR count). The Morgan fingerprint density at radius 3 is 2.13 bits per heavy atom. The fourth-order valence-corrected chi connectivity index (χ4v) is 6.30. The Labute approximate surface area is 262 Å². The van der Waals surface area contributed by atoms with Gasteiger partial charge >= 0.3 is 11.8 Å². The number of rotatable bonds is 8. The molecule has 228 valence electrons. The van der Waals surface area contributed by atoms with E-state index < -0.39 is 11.8 Å². The molecule has 0 unspecified atom stereocenters. The fourth-order valence-electron chi connectivity index (χ4n) is 6.30. The molecule has 6 aromatic rings. The molecule has 0 saturated carbocycles. The van der Waals surface area contributed by atoms with Crippen LogP contribution in [0.15, 0.2) is 90.0 Å². The molecule has 0 fully saturated rings. The normalized spacial score (nSPS) is 12.7. The number of carbonyl (C=O) groups excluding carboxylic acids is 3. The van der Waals surface area contributed by atoms with Gasteiger partial charge in [-0.05, 0) is 44.0 Å². The highest BCUT2D eigenvalue weighted by molar-refractivity contribution is 6.21. The number of amides is 2. The van der Waals surface area contributed by atoms with E-state index >= 15 is 0 Å². The van der Waals surface area contributed by atoms with Gasteiger partial charge in [0.2, 0.25) is 0 Å². The van der Waals surface area contributed by atoms with Crippen molar-refractivity contribution in [2.45, 2.75) is 26.3 Å². The van der Waals surface area contributed by atoms with Crippen LogP contribution in [0.3, 0.4) is 0 Å². The number of unbranched alkanes of at least 4 members (excludes halogenated alkanes) is 1. The molecule has 0 bridgehead atoms. The number of imide groups is 1. The third kappa shape index (κ3) is 4.50. The van der Waals surface area contributed by atoms with Crippen LogP contribution in [0, 0.1) is 11.3 Å². The molecule has 0 spiro atoms. The maximum absolute atomic E-state index is 13.5. The van der Waals surface area contributed by atoms with Crippen molar-refractivity contribution in [3.63, 3.8) is 0 Å². The smallest absolute Gasteiger partial charge is 0.418 e. The van der Waals surface area contributed by atoms with E-state index in [2.05, 4.69) is 15.6 Å². The lowest BCUT2D eigenvalue weighted by atomic mass is 10.1. The number of fused-ring (bicyclic) bond motifs is 3. The van der Waals surface area contributed by atoms with E-state index in [1.54, 1.807) is 49.5 Å². The monoisotopic (exact) mass is 612 g/mol. The number of para-hydroxylation sites is 2. The van der Waals surface area contributed by atoms with Crippen LogP contribution in [-0.2, 0) is 11.3 Å². The average molecular weight is 613 g/mol. The second kappa shape index (κ2) is 11.4. The van der Waals surface area contributed by atoms with E-state index in [-0.39, 0.29) is 24.1 Å². The molecule has 1 aliphatic rings. The lowest BCUT2D eigenvalue weighted by Crippen LogP contribution is -2.30. The number of benzene rings is 3. The Kier molecular flexibility index (Phi) is 7.10. The summed E-state index contributed by atoms with van der Waals surface area (Å²) in [5, 5.41) is 11.6. The maximum Gasteiger partial charge on any atom is 0.418 e. The van der Waals surface area contributed by atoms with Gasteiger partial charge < -0.3 is 9.30 Å². The van der Waals surface area contributed by atoms with Gasteiger partial charge in [-0.1, -0.05) is 48.5 Å². The molecule has 4 heterocycles. The zero-order chi connectivity index (χ0) is 31.9. The summed E-state index contributed by atoms with van der Waals surface area (Å²) < 4.78 is 10.1. The minimum Gasteiger partial charge on any atom is -0.449 e. The van der Waals surface area contributed by atoms with Gasteiger partial charge in [0.05, 0.1) is 34.6 Å². The number of nitrogens with one attached hydrogen (secondary N) is 1. The summed E-state index contributed by atoms with van der Waals surface area (Å²) in [6.45, 7) is 2.78. The van der Waals surface area contributed by atoms with E-state index in [0.717, 1.165) is 10.9 Å². The summed E-state index contributed by atoms with van der Waals surface area (Å²) in [5.74, 6) is -0.541. The number of imidazole rings is 1. The maximum atomic E-state index is 13.5. The first-order valence-corrected chi connectivity index (χ1v) is 15.0. The number of nitrogens with zero attached hydrogens (tertiary/aromatic N) is 5. The van der Waals surface area contributed by atoms with E-state index in [4.69, 9.17) is 4.74 Å². The number of H-pyrrole nitrogens is 1. The third-order valence-corrected chi connectivity index (χ3v) is 8.36. The van der Waals surface area contributed by atoms with Crippen molar-refractivity contribution in [2.24, 2.45) is 0 Å². The van der Waals surface area contributed by atoms with Crippen molar-refractivity contribution in [1.29, 1.82) is 5.26 Å². The Hall–Kier alpha value is -6.15. The summed E-state index contributed by atoms with van der Waals surface area (Å²) in [7, 11) is 0. The van der Waals surface area contributed by atoms with Crippen molar-refractivity contribution < 1.29 is 19.1 Å². The second-order valence-corrected chi connectivity index (χ2v) is 11.0. The number of aromatic nitrogens is 4. The van der Waals surface area contributed by atoms with E-state index in [9.17, 15) is 24.4 Å². The first-order chi connectivity index (χ1) is 22.4. The van der Waals surface area contributed by atoms with E-state index in [1.807, 2.05) is 42.6 Å². The van der Waals surface area contributed by atoms with Crippen LogP contribution in [0.4, 0.5) is 4.79 Å². The number of ether oxygens (including phenoxy) is 1. The highest BCUT2D eigenvalue weighted by atomic mass is 16.5. The van der Waals surface area contributed by atoms with Crippen molar-refractivity contribution >= 4 is 39.7 Å². The number of hydrogen-bond acceptors (Lipinski definition) is 6. The summed E-state index contributed by atoms with van der Waals surface area (Å²) in [6.07, 6.45) is 4.16. The zero-order valence-electron chi connectivity index (χ0n) is 24.9. The molecular weight excluding hydrogens is 584 g/mol. The van der Waals surface area contributed by atoms with Gasteiger partial charge in [-0.3, -0.25) is 28.6 Å². The molecule has 1 N–H and O–H groups in total. The van der Waals surface area contributed by atoms with Crippen LogP contribution in [-0.4, -0.2) is 54.6 Å². The van der Waals surface area contributed by atoms with Gasteiger partial charge in [0.25, 0.3) is 11.8 Å². The van der Waals surface area contributed by atoms with Crippen molar-refractivity contribution in [1.82, 2.24) is 23.6 Å².